The zero-order chi connectivity index (χ0) is 16.0. The Morgan fingerprint density at radius 2 is 1.12 bits per heavy atom. The molecule has 0 N–H and O–H groups in total. The minimum atomic E-state index is -0.214. The first-order chi connectivity index (χ1) is 11.9. The van der Waals surface area contributed by atoms with Crippen LogP contribution < -0.4 is 0 Å². The van der Waals surface area contributed by atoms with E-state index in [0.29, 0.717) is 0 Å². The van der Waals surface area contributed by atoms with Gasteiger partial charge in [-0.1, -0.05) is 84.9 Å². The third kappa shape index (κ3) is 1.68. The van der Waals surface area contributed by atoms with E-state index in [1.54, 1.807) is 0 Å². The van der Waals surface area contributed by atoms with Gasteiger partial charge in [-0.25, -0.2) is 0 Å². The average Bonchev–Trinajstić information content (AvgIpc) is 3.24. The molecule has 1 aliphatic carbocycles. The fourth-order valence-corrected chi connectivity index (χ4v) is 5.12. The number of thiophene rings is 1. The molecule has 4 aromatic rings. The molecular weight excluding hydrogens is 308 g/mol. The van der Waals surface area contributed by atoms with Crippen LogP contribution in [0, 0.1) is 0 Å². The average molecular weight is 324 g/mol. The van der Waals surface area contributed by atoms with Crippen molar-refractivity contribution in [2.75, 3.05) is 0 Å². The second kappa shape index (κ2) is 5.19. The molecule has 0 saturated carbocycles. The largest absolute Gasteiger partial charge is 0.143 e. The molecule has 1 aliphatic rings. The van der Waals surface area contributed by atoms with Gasteiger partial charge in [-0.3, -0.25) is 0 Å². The van der Waals surface area contributed by atoms with Crippen molar-refractivity contribution in [2.24, 2.45) is 0 Å². The molecule has 1 heteroatoms. The van der Waals surface area contributed by atoms with E-state index < -0.39 is 0 Å². The molecule has 0 bridgehead atoms. The van der Waals surface area contributed by atoms with Crippen LogP contribution in [0.15, 0.2) is 96.4 Å². The first kappa shape index (κ1) is 13.8. The highest BCUT2D eigenvalue weighted by atomic mass is 32.1. The van der Waals surface area contributed by atoms with Crippen molar-refractivity contribution in [1.29, 1.82) is 0 Å². The summed E-state index contributed by atoms with van der Waals surface area (Å²) < 4.78 is 0. The fraction of sp³-hybridized carbons (Fsp3) is 0.0435. The standard InChI is InChI=1S/C23H16S/c1-3-9-17(10-4-1)23(18-11-5-2-6-12-18)20-14-8-7-13-19(20)22-21(23)15-16-24-22/h1-16H. The third-order valence-electron chi connectivity index (χ3n) is 5.06. The van der Waals surface area contributed by atoms with E-state index >= 15 is 0 Å². The zero-order valence-corrected chi connectivity index (χ0v) is 14.0. The Labute approximate surface area is 146 Å². The van der Waals surface area contributed by atoms with Gasteiger partial charge in [-0.2, -0.15) is 0 Å². The lowest BCUT2D eigenvalue weighted by molar-refractivity contribution is 0.770. The van der Waals surface area contributed by atoms with Crippen molar-refractivity contribution in [3.8, 4) is 10.4 Å². The highest BCUT2D eigenvalue weighted by molar-refractivity contribution is 7.14. The molecule has 1 aromatic heterocycles. The van der Waals surface area contributed by atoms with Gasteiger partial charge in [0.15, 0.2) is 0 Å². The van der Waals surface area contributed by atoms with Crippen LogP contribution in [0.5, 0.6) is 0 Å². The first-order valence-corrected chi connectivity index (χ1v) is 9.09. The number of benzene rings is 3. The Bertz CT molecular complexity index is 957. The van der Waals surface area contributed by atoms with E-state index in [4.69, 9.17) is 0 Å². The molecule has 0 unspecified atom stereocenters. The summed E-state index contributed by atoms with van der Waals surface area (Å²) in [5.41, 5.74) is 6.63. The van der Waals surface area contributed by atoms with Gasteiger partial charge in [-0.05, 0) is 39.3 Å². The van der Waals surface area contributed by atoms with Gasteiger partial charge < -0.3 is 0 Å². The minimum Gasteiger partial charge on any atom is -0.143 e. The van der Waals surface area contributed by atoms with Crippen LogP contribution in [-0.2, 0) is 5.41 Å². The van der Waals surface area contributed by atoms with Crippen molar-refractivity contribution in [2.45, 2.75) is 5.41 Å². The maximum Gasteiger partial charge on any atom is 0.0722 e. The Hall–Kier alpha value is -2.64. The van der Waals surface area contributed by atoms with Crippen LogP contribution in [0.1, 0.15) is 22.3 Å². The number of hydrogen-bond acceptors (Lipinski definition) is 1. The van der Waals surface area contributed by atoms with E-state index in [1.807, 2.05) is 11.3 Å². The molecule has 0 saturated heterocycles. The van der Waals surface area contributed by atoms with Gasteiger partial charge in [0, 0.05) is 4.88 Å². The van der Waals surface area contributed by atoms with E-state index in [0.717, 1.165) is 0 Å². The monoisotopic (exact) mass is 324 g/mol. The molecular formula is C23H16S. The summed E-state index contributed by atoms with van der Waals surface area (Å²) in [6.07, 6.45) is 0. The maximum absolute atomic E-state index is 2.31. The lowest BCUT2D eigenvalue weighted by Gasteiger charge is -2.33. The second-order valence-electron chi connectivity index (χ2n) is 6.19. The summed E-state index contributed by atoms with van der Waals surface area (Å²) in [7, 11) is 0. The Balaban J connectivity index is 1.97. The van der Waals surface area contributed by atoms with Crippen molar-refractivity contribution in [3.63, 3.8) is 0 Å². The molecule has 0 amide bonds. The molecule has 3 aromatic carbocycles. The molecule has 0 nitrogen and oxygen atoms in total. The molecule has 0 spiro atoms. The lowest BCUT2D eigenvalue weighted by atomic mass is 9.68. The van der Waals surface area contributed by atoms with Gasteiger partial charge in [0.25, 0.3) is 0 Å². The Kier molecular flexibility index (Phi) is 2.97. The van der Waals surface area contributed by atoms with Crippen molar-refractivity contribution >= 4 is 11.3 Å². The number of rotatable bonds is 2. The summed E-state index contributed by atoms with van der Waals surface area (Å²) >= 11 is 1.85. The van der Waals surface area contributed by atoms with Gasteiger partial charge in [0.1, 0.15) is 0 Å². The van der Waals surface area contributed by atoms with Crippen LogP contribution in [0.2, 0.25) is 0 Å². The Morgan fingerprint density at radius 3 is 1.79 bits per heavy atom. The van der Waals surface area contributed by atoms with Gasteiger partial charge in [-0.15, -0.1) is 11.3 Å². The topological polar surface area (TPSA) is 0 Å². The van der Waals surface area contributed by atoms with Gasteiger partial charge in [0.2, 0.25) is 0 Å². The molecule has 0 radical (unpaired) electrons. The zero-order valence-electron chi connectivity index (χ0n) is 13.1. The van der Waals surface area contributed by atoms with E-state index in [1.165, 1.54) is 32.7 Å². The van der Waals surface area contributed by atoms with Crippen LogP contribution in [-0.4, -0.2) is 0 Å². The molecule has 0 atom stereocenters. The molecule has 5 rings (SSSR count). The summed E-state index contributed by atoms with van der Waals surface area (Å²) in [4.78, 5) is 1.40. The van der Waals surface area contributed by atoms with Crippen LogP contribution >= 0.6 is 11.3 Å². The Morgan fingerprint density at radius 1 is 0.542 bits per heavy atom. The maximum atomic E-state index is 2.31. The molecule has 114 valence electrons. The summed E-state index contributed by atoms with van der Waals surface area (Å²) in [5.74, 6) is 0. The van der Waals surface area contributed by atoms with Gasteiger partial charge in [0.05, 0.1) is 5.41 Å². The van der Waals surface area contributed by atoms with Crippen molar-refractivity contribution in [3.05, 3.63) is 119 Å². The summed E-state index contributed by atoms with van der Waals surface area (Å²) in [6, 6.07) is 33.0. The molecule has 1 heterocycles. The fourth-order valence-electron chi connectivity index (χ4n) is 4.13. The quantitative estimate of drug-likeness (QED) is 0.367. The normalized spacial score (nSPS) is 14.2. The second-order valence-corrected chi connectivity index (χ2v) is 7.11. The number of hydrogen-bond donors (Lipinski definition) is 0. The smallest absolute Gasteiger partial charge is 0.0722 e. The highest BCUT2D eigenvalue weighted by Crippen LogP contribution is 2.57. The summed E-state index contributed by atoms with van der Waals surface area (Å²) in [6.45, 7) is 0. The lowest BCUT2D eigenvalue weighted by Crippen LogP contribution is -2.28. The predicted molar refractivity (Wildman–Crippen MR) is 102 cm³/mol. The van der Waals surface area contributed by atoms with Crippen LogP contribution in [0.3, 0.4) is 0 Å². The first-order valence-electron chi connectivity index (χ1n) is 8.21. The van der Waals surface area contributed by atoms with E-state index in [9.17, 15) is 0 Å². The van der Waals surface area contributed by atoms with Crippen molar-refractivity contribution in [1.82, 2.24) is 0 Å². The summed E-state index contributed by atoms with van der Waals surface area (Å²) in [5, 5.41) is 2.22. The van der Waals surface area contributed by atoms with Gasteiger partial charge >= 0.3 is 0 Å². The SMILES string of the molecule is c1ccc(C2(c3ccccc3)c3ccccc3-c3sccc32)cc1. The highest BCUT2D eigenvalue weighted by Gasteiger charge is 2.46. The van der Waals surface area contributed by atoms with Crippen molar-refractivity contribution < 1.29 is 0 Å². The van der Waals surface area contributed by atoms with E-state index in [-0.39, 0.29) is 5.41 Å². The van der Waals surface area contributed by atoms with E-state index in [2.05, 4.69) is 96.4 Å². The minimum absolute atomic E-state index is 0.214. The third-order valence-corrected chi connectivity index (χ3v) is 6.01. The molecule has 0 fully saturated rings. The predicted octanol–water partition coefficient (Wildman–Crippen LogP) is 6.11. The van der Waals surface area contributed by atoms with Crippen LogP contribution in [0.25, 0.3) is 10.4 Å². The number of fused-ring (bicyclic) bond motifs is 3. The molecule has 24 heavy (non-hydrogen) atoms. The van der Waals surface area contributed by atoms with Crippen LogP contribution in [0.4, 0.5) is 0 Å². The molecule has 0 aliphatic heterocycles.